The minimum Gasteiger partial charge on any atom is -0.428 e. The molecule has 0 N–H and O–H groups in total. The third-order valence-corrected chi connectivity index (χ3v) is 5.17. The van der Waals surface area contributed by atoms with E-state index >= 15 is 0 Å². The van der Waals surface area contributed by atoms with Crippen molar-refractivity contribution < 1.29 is 14.3 Å². The second-order valence-corrected chi connectivity index (χ2v) is 9.41. The average molecular weight is 481 g/mol. The molecule has 0 saturated carbocycles. The summed E-state index contributed by atoms with van der Waals surface area (Å²) >= 11 is 0. The van der Waals surface area contributed by atoms with Gasteiger partial charge < -0.3 is 9.47 Å². The van der Waals surface area contributed by atoms with Crippen LogP contribution in [-0.2, 0) is 4.74 Å². The molecule has 0 unspecified atom stereocenters. The highest BCUT2D eigenvalue weighted by Crippen LogP contribution is 2.38. The van der Waals surface area contributed by atoms with Gasteiger partial charge in [-0.25, -0.2) is 4.79 Å². The predicted molar refractivity (Wildman–Crippen MR) is 142 cm³/mol. The molecule has 0 aliphatic heterocycles. The van der Waals surface area contributed by atoms with Gasteiger partial charge in [0.15, 0.2) is 5.75 Å². The van der Waals surface area contributed by atoms with Crippen LogP contribution in [-0.4, -0.2) is 11.8 Å². The van der Waals surface area contributed by atoms with E-state index in [0.717, 1.165) is 33.3 Å². The van der Waals surface area contributed by atoms with Crippen LogP contribution in [0.2, 0.25) is 0 Å². The molecule has 0 atom stereocenters. The van der Waals surface area contributed by atoms with Gasteiger partial charge in [0.25, 0.3) is 0 Å². The Labute approximate surface area is 210 Å². The molecule has 4 rings (SSSR count). The van der Waals surface area contributed by atoms with Crippen molar-refractivity contribution in [2.75, 3.05) is 0 Å². The Bertz CT molecular complexity index is 1470. The smallest absolute Gasteiger partial charge is 0.428 e. The Morgan fingerprint density at radius 1 is 0.750 bits per heavy atom. The summed E-state index contributed by atoms with van der Waals surface area (Å²) < 4.78 is 10.8. The number of aryl methyl sites for hydroxylation is 2. The molecule has 0 amide bonds. The lowest BCUT2D eigenvalue weighted by Gasteiger charge is -2.19. The number of nitrogens with zero attached hydrogens (tertiary/aromatic N) is 4. The molecule has 0 spiro atoms. The van der Waals surface area contributed by atoms with Gasteiger partial charge in [0.1, 0.15) is 11.3 Å². The van der Waals surface area contributed by atoms with E-state index in [1.807, 2.05) is 86.6 Å². The molecule has 0 radical (unpaired) electrons. The molecule has 36 heavy (non-hydrogen) atoms. The van der Waals surface area contributed by atoms with Gasteiger partial charge in [-0.15, -0.1) is 5.11 Å². The molecular weight excluding hydrogens is 452 g/mol. The predicted octanol–water partition coefficient (Wildman–Crippen LogP) is 9.60. The third-order valence-electron chi connectivity index (χ3n) is 5.17. The molecule has 0 saturated heterocycles. The fourth-order valence-corrected chi connectivity index (χ4v) is 3.50. The Hall–Kier alpha value is -4.39. The fourth-order valence-electron chi connectivity index (χ4n) is 3.50. The highest BCUT2D eigenvalue weighted by Gasteiger charge is 2.20. The van der Waals surface area contributed by atoms with Crippen LogP contribution in [0.25, 0.3) is 10.8 Å². The van der Waals surface area contributed by atoms with Crippen LogP contribution < -0.4 is 4.74 Å². The van der Waals surface area contributed by atoms with E-state index in [9.17, 15) is 4.79 Å². The van der Waals surface area contributed by atoms with Gasteiger partial charge >= 0.3 is 6.16 Å². The Morgan fingerprint density at radius 3 is 2.25 bits per heavy atom. The summed E-state index contributed by atoms with van der Waals surface area (Å²) in [4.78, 5) is 12.3. The zero-order valence-corrected chi connectivity index (χ0v) is 21.0. The van der Waals surface area contributed by atoms with E-state index in [1.165, 1.54) is 0 Å². The number of fused-ring (bicyclic) bond motifs is 1. The standard InChI is InChI=1S/C29H28N4O3/c1-19-9-8-11-22(17-19)30-32-25-15-14-23(18-20(25)2)31-33-27-24-12-7-6-10-21(24)13-16-26(27)35-28(34)36-29(3,4)5/h6-18H,1-5H3/b32-30+,33-31+. The molecule has 0 aliphatic rings. The summed E-state index contributed by atoms with van der Waals surface area (Å²) in [6, 6.07) is 24.7. The summed E-state index contributed by atoms with van der Waals surface area (Å²) in [5, 5.41) is 19.4. The van der Waals surface area contributed by atoms with Crippen molar-refractivity contribution in [3.8, 4) is 5.75 Å². The number of rotatable bonds is 5. The molecule has 4 aromatic carbocycles. The first-order valence-corrected chi connectivity index (χ1v) is 11.6. The van der Waals surface area contributed by atoms with Crippen LogP contribution in [0, 0.1) is 13.8 Å². The van der Waals surface area contributed by atoms with Gasteiger partial charge in [-0.05, 0) is 87.5 Å². The first kappa shape index (κ1) is 24.7. The van der Waals surface area contributed by atoms with E-state index in [-0.39, 0.29) is 5.75 Å². The van der Waals surface area contributed by atoms with E-state index < -0.39 is 11.8 Å². The summed E-state index contributed by atoms with van der Waals surface area (Å²) in [6.45, 7) is 9.30. The van der Waals surface area contributed by atoms with Gasteiger partial charge in [0.2, 0.25) is 0 Å². The topological polar surface area (TPSA) is 85.0 Å². The number of carbonyl (C=O) groups is 1. The zero-order valence-electron chi connectivity index (χ0n) is 21.0. The summed E-state index contributed by atoms with van der Waals surface area (Å²) in [5.74, 6) is 0.270. The number of hydrogen-bond donors (Lipinski definition) is 0. The van der Waals surface area contributed by atoms with Crippen LogP contribution in [0.15, 0.2) is 99.3 Å². The lowest BCUT2D eigenvalue weighted by Crippen LogP contribution is -2.26. The van der Waals surface area contributed by atoms with E-state index in [0.29, 0.717) is 11.4 Å². The lowest BCUT2D eigenvalue weighted by molar-refractivity contribution is 0.0207. The largest absolute Gasteiger partial charge is 0.514 e. The fraction of sp³-hybridized carbons (Fsp3) is 0.207. The molecule has 0 fully saturated rings. The maximum Gasteiger partial charge on any atom is 0.514 e. The van der Waals surface area contributed by atoms with Crippen molar-refractivity contribution in [1.29, 1.82) is 0 Å². The second-order valence-electron chi connectivity index (χ2n) is 9.41. The van der Waals surface area contributed by atoms with Crippen molar-refractivity contribution >= 4 is 39.7 Å². The van der Waals surface area contributed by atoms with E-state index in [2.05, 4.69) is 20.5 Å². The highest BCUT2D eigenvalue weighted by molar-refractivity contribution is 5.96. The minimum absolute atomic E-state index is 0.270. The first-order chi connectivity index (χ1) is 17.2. The first-order valence-electron chi connectivity index (χ1n) is 11.6. The maximum absolute atomic E-state index is 12.3. The van der Waals surface area contributed by atoms with Crippen molar-refractivity contribution in [2.45, 2.75) is 40.2 Å². The molecule has 0 heterocycles. The molecular formula is C29H28N4O3. The Morgan fingerprint density at radius 2 is 1.50 bits per heavy atom. The van der Waals surface area contributed by atoms with Crippen LogP contribution in [0.4, 0.5) is 27.5 Å². The van der Waals surface area contributed by atoms with Crippen molar-refractivity contribution in [3.05, 3.63) is 90.0 Å². The van der Waals surface area contributed by atoms with Gasteiger partial charge in [0, 0.05) is 5.39 Å². The van der Waals surface area contributed by atoms with Crippen LogP contribution in [0.5, 0.6) is 5.75 Å². The quantitative estimate of drug-likeness (QED) is 0.162. The Balaban J connectivity index is 1.62. The van der Waals surface area contributed by atoms with Gasteiger partial charge in [-0.2, -0.15) is 15.3 Å². The number of ether oxygens (including phenoxy) is 2. The van der Waals surface area contributed by atoms with E-state index in [1.54, 1.807) is 26.8 Å². The van der Waals surface area contributed by atoms with Crippen LogP contribution in [0.1, 0.15) is 31.9 Å². The van der Waals surface area contributed by atoms with Gasteiger partial charge in [-0.1, -0.05) is 42.5 Å². The van der Waals surface area contributed by atoms with Crippen molar-refractivity contribution in [3.63, 3.8) is 0 Å². The Kier molecular flexibility index (Phi) is 7.20. The summed E-state index contributed by atoms with van der Waals surface area (Å²) in [6.07, 6.45) is -0.798. The third kappa shape index (κ3) is 6.39. The normalized spacial score (nSPS) is 11.9. The van der Waals surface area contributed by atoms with Crippen LogP contribution >= 0.6 is 0 Å². The molecule has 182 valence electrons. The summed E-state index contributed by atoms with van der Waals surface area (Å²) in [7, 11) is 0. The minimum atomic E-state index is -0.798. The SMILES string of the molecule is Cc1cccc(/N=N/c2ccc(/N=N/c3c(OC(=O)OC(C)(C)C)ccc4ccccc34)cc2C)c1. The molecule has 7 nitrogen and oxygen atoms in total. The second kappa shape index (κ2) is 10.5. The maximum atomic E-state index is 12.3. The van der Waals surface area contributed by atoms with Crippen molar-refractivity contribution in [1.82, 2.24) is 0 Å². The molecule has 4 aromatic rings. The molecule has 7 heteroatoms. The molecule has 0 bridgehead atoms. The number of hydrogen-bond acceptors (Lipinski definition) is 7. The lowest BCUT2D eigenvalue weighted by atomic mass is 10.1. The highest BCUT2D eigenvalue weighted by atomic mass is 16.7. The summed E-state index contributed by atoms with van der Waals surface area (Å²) in [5.41, 5.74) is 3.98. The van der Waals surface area contributed by atoms with Crippen molar-refractivity contribution in [2.24, 2.45) is 20.5 Å². The molecule has 0 aliphatic carbocycles. The number of carbonyl (C=O) groups excluding carboxylic acids is 1. The van der Waals surface area contributed by atoms with Gasteiger partial charge in [-0.3, -0.25) is 0 Å². The van der Waals surface area contributed by atoms with E-state index in [4.69, 9.17) is 9.47 Å². The molecule has 0 aromatic heterocycles. The zero-order chi connectivity index (χ0) is 25.7. The number of benzene rings is 4. The average Bonchev–Trinajstić information content (AvgIpc) is 2.81. The number of azo groups is 2. The monoisotopic (exact) mass is 480 g/mol. The van der Waals surface area contributed by atoms with Gasteiger partial charge in [0.05, 0.1) is 17.1 Å². The van der Waals surface area contributed by atoms with Crippen LogP contribution in [0.3, 0.4) is 0 Å².